The molecule has 0 heterocycles. The smallest absolute Gasteiger partial charge is 0.252 e. The lowest BCUT2D eigenvalue weighted by Crippen LogP contribution is -2.05. The first-order valence-electron chi connectivity index (χ1n) is 6.77. The van der Waals surface area contributed by atoms with Gasteiger partial charge in [-0.1, -0.05) is 13.3 Å². The number of carbonyl (C=O) groups excluding carboxylic acids is 1. The molecule has 0 aromatic heterocycles. The van der Waals surface area contributed by atoms with Crippen LogP contribution in [-0.4, -0.2) is 32.2 Å². The van der Waals surface area contributed by atoms with Crippen molar-refractivity contribution >= 4 is 16.8 Å². The van der Waals surface area contributed by atoms with Gasteiger partial charge in [0, 0.05) is 25.7 Å². The molecule has 0 spiro atoms. The van der Waals surface area contributed by atoms with Crippen LogP contribution in [0.3, 0.4) is 0 Å². The summed E-state index contributed by atoms with van der Waals surface area (Å²) in [4.78, 5) is 11.2. The van der Waals surface area contributed by atoms with Gasteiger partial charge < -0.3 is 14.2 Å². The highest BCUT2D eigenvalue weighted by Gasteiger charge is 2.10. The lowest BCUT2D eigenvalue weighted by molar-refractivity contribution is 0.108. The van der Waals surface area contributed by atoms with Gasteiger partial charge in [-0.15, -0.1) is 0 Å². The van der Waals surface area contributed by atoms with Crippen molar-refractivity contribution in [3.05, 3.63) is 23.8 Å². The monoisotopic (exact) mass is 300 g/mol. The number of carbonyl (C=O) groups is 1. The Labute approximate surface area is 125 Å². The molecule has 0 fully saturated rings. The number of ether oxygens (including phenoxy) is 3. The maximum atomic E-state index is 11.2. The molecule has 1 aromatic carbocycles. The molecule has 5 heteroatoms. The van der Waals surface area contributed by atoms with Gasteiger partial charge in [0.05, 0.1) is 13.2 Å². The van der Waals surface area contributed by atoms with E-state index in [0.29, 0.717) is 36.9 Å². The van der Waals surface area contributed by atoms with Gasteiger partial charge in [0.15, 0.2) is 11.5 Å². The number of methoxy groups -OCH3 is 1. The lowest BCUT2D eigenvalue weighted by Gasteiger charge is -2.13. The Kier molecular flexibility index (Phi) is 8.07. The quantitative estimate of drug-likeness (QED) is 0.488. The molecule has 0 saturated heterocycles. The first-order valence-corrected chi connectivity index (χ1v) is 7.15. The largest absolute Gasteiger partial charge is 0.490 e. The van der Waals surface area contributed by atoms with Crippen LogP contribution in [0.1, 0.15) is 36.5 Å². The summed E-state index contributed by atoms with van der Waals surface area (Å²) in [6.45, 7) is 3.85. The van der Waals surface area contributed by atoms with E-state index in [1.54, 1.807) is 25.3 Å². The van der Waals surface area contributed by atoms with Crippen molar-refractivity contribution < 1.29 is 19.0 Å². The predicted octanol–water partition coefficient (Wildman–Crippen LogP) is 3.66. The van der Waals surface area contributed by atoms with Gasteiger partial charge in [0.25, 0.3) is 5.24 Å². The normalized spacial score (nSPS) is 10.3. The zero-order valence-electron chi connectivity index (χ0n) is 12.0. The highest BCUT2D eigenvalue weighted by Crippen LogP contribution is 2.29. The number of rotatable bonds is 10. The minimum Gasteiger partial charge on any atom is -0.490 e. The molecule has 0 atom stereocenters. The van der Waals surface area contributed by atoms with Crippen LogP contribution in [0, 0.1) is 0 Å². The van der Waals surface area contributed by atoms with E-state index < -0.39 is 5.24 Å². The molecule has 1 aromatic rings. The third-order valence-electron chi connectivity index (χ3n) is 2.68. The van der Waals surface area contributed by atoms with Crippen LogP contribution >= 0.6 is 11.6 Å². The van der Waals surface area contributed by atoms with E-state index in [-0.39, 0.29) is 0 Å². The molecule has 0 N–H and O–H groups in total. The summed E-state index contributed by atoms with van der Waals surface area (Å²) >= 11 is 5.48. The van der Waals surface area contributed by atoms with Crippen LogP contribution in [0.15, 0.2) is 18.2 Å². The zero-order chi connectivity index (χ0) is 14.8. The Morgan fingerprint density at radius 3 is 2.45 bits per heavy atom. The average Bonchev–Trinajstić information content (AvgIpc) is 2.44. The van der Waals surface area contributed by atoms with Crippen molar-refractivity contribution in [1.29, 1.82) is 0 Å². The van der Waals surface area contributed by atoms with E-state index in [1.807, 2.05) is 0 Å². The van der Waals surface area contributed by atoms with Crippen LogP contribution in [-0.2, 0) is 4.74 Å². The molecular weight excluding hydrogens is 280 g/mol. The van der Waals surface area contributed by atoms with Crippen molar-refractivity contribution in [3.8, 4) is 11.5 Å². The van der Waals surface area contributed by atoms with Gasteiger partial charge in [-0.3, -0.25) is 4.79 Å². The summed E-state index contributed by atoms with van der Waals surface area (Å²) < 4.78 is 16.3. The number of hydrogen-bond donors (Lipinski definition) is 0. The predicted molar refractivity (Wildman–Crippen MR) is 79.0 cm³/mol. The van der Waals surface area contributed by atoms with E-state index in [2.05, 4.69) is 6.92 Å². The number of halogens is 1. The van der Waals surface area contributed by atoms with Gasteiger partial charge in [-0.05, 0) is 36.2 Å². The summed E-state index contributed by atoms with van der Waals surface area (Å²) in [7, 11) is 1.64. The van der Waals surface area contributed by atoms with Crippen molar-refractivity contribution in [2.45, 2.75) is 26.2 Å². The van der Waals surface area contributed by atoms with E-state index >= 15 is 0 Å². The first kappa shape index (κ1) is 16.8. The maximum Gasteiger partial charge on any atom is 0.252 e. The van der Waals surface area contributed by atoms with Gasteiger partial charge in [0.1, 0.15) is 0 Å². The molecule has 0 bridgehead atoms. The molecule has 0 amide bonds. The van der Waals surface area contributed by atoms with Gasteiger partial charge >= 0.3 is 0 Å². The van der Waals surface area contributed by atoms with Crippen LogP contribution in [0.2, 0.25) is 0 Å². The fraction of sp³-hybridized carbons (Fsp3) is 0.533. The van der Waals surface area contributed by atoms with Crippen LogP contribution in [0.5, 0.6) is 11.5 Å². The Balaban J connectivity index is 2.72. The Hall–Kier alpha value is -1.26. The second-order valence-electron chi connectivity index (χ2n) is 4.33. The maximum absolute atomic E-state index is 11.2. The molecular formula is C15H21ClO4. The van der Waals surface area contributed by atoms with Crippen molar-refractivity contribution in [2.24, 2.45) is 0 Å². The van der Waals surface area contributed by atoms with Crippen LogP contribution in [0.25, 0.3) is 0 Å². The van der Waals surface area contributed by atoms with Crippen molar-refractivity contribution in [2.75, 3.05) is 26.9 Å². The zero-order valence-corrected chi connectivity index (χ0v) is 12.7. The Bertz CT molecular complexity index is 420. The first-order chi connectivity index (χ1) is 9.69. The van der Waals surface area contributed by atoms with Crippen LogP contribution in [0.4, 0.5) is 0 Å². The highest BCUT2D eigenvalue weighted by atomic mass is 35.5. The molecule has 0 radical (unpaired) electrons. The van der Waals surface area contributed by atoms with E-state index in [4.69, 9.17) is 25.8 Å². The van der Waals surface area contributed by atoms with Crippen molar-refractivity contribution in [3.63, 3.8) is 0 Å². The standard InChI is InChI=1S/C15H21ClO4/c1-3-4-9-19-13-7-6-12(15(16)17)11-14(13)20-10-5-8-18-2/h6-7,11H,3-5,8-10H2,1-2H3. The summed E-state index contributed by atoms with van der Waals surface area (Å²) in [6.07, 6.45) is 2.80. The van der Waals surface area contributed by atoms with Gasteiger partial charge in [-0.25, -0.2) is 0 Å². The lowest BCUT2D eigenvalue weighted by atomic mass is 10.2. The summed E-state index contributed by atoms with van der Waals surface area (Å²) in [5.74, 6) is 1.18. The number of benzene rings is 1. The minimum absolute atomic E-state index is 0.399. The molecule has 0 aliphatic carbocycles. The second kappa shape index (κ2) is 9.61. The Morgan fingerprint density at radius 2 is 1.80 bits per heavy atom. The molecule has 20 heavy (non-hydrogen) atoms. The average molecular weight is 301 g/mol. The molecule has 112 valence electrons. The fourth-order valence-electron chi connectivity index (χ4n) is 1.57. The molecule has 0 saturated carbocycles. The second-order valence-corrected chi connectivity index (χ2v) is 4.68. The topological polar surface area (TPSA) is 44.8 Å². The highest BCUT2D eigenvalue weighted by molar-refractivity contribution is 6.67. The van der Waals surface area contributed by atoms with Gasteiger partial charge in [0.2, 0.25) is 0 Å². The van der Waals surface area contributed by atoms with Crippen LogP contribution < -0.4 is 9.47 Å². The summed E-state index contributed by atoms with van der Waals surface area (Å²) in [6, 6.07) is 4.97. The molecule has 1 rings (SSSR count). The molecule has 0 unspecified atom stereocenters. The third kappa shape index (κ3) is 5.80. The molecule has 4 nitrogen and oxygen atoms in total. The third-order valence-corrected chi connectivity index (χ3v) is 2.89. The number of unbranched alkanes of at least 4 members (excludes halogenated alkanes) is 1. The Morgan fingerprint density at radius 1 is 1.10 bits per heavy atom. The molecule has 0 aliphatic heterocycles. The number of hydrogen-bond acceptors (Lipinski definition) is 4. The van der Waals surface area contributed by atoms with Gasteiger partial charge in [-0.2, -0.15) is 0 Å². The van der Waals surface area contributed by atoms with E-state index in [0.717, 1.165) is 19.3 Å². The summed E-state index contributed by atoms with van der Waals surface area (Å²) in [5.41, 5.74) is 0.399. The SMILES string of the molecule is CCCCOc1ccc(C(=O)Cl)cc1OCCCOC. The van der Waals surface area contributed by atoms with E-state index in [9.17, 15) is 4.79 Å². The minimum atomic E-state index is -0.508. The summed E-state index contributed by atoms with van der Waals surface area (Å²) in [5, 5.41) is -0.508. The van der Waals surface area contributed by atoms with E-state index in [1.165, 1.54) is 0 Å². The fourth-order valence-corrected chi connectivity index (χ4v) is 1.69. The molecule has 0 aliphatic rings. The van der Waals surface area contributed by atoms with Crippen molar-refractivity contribution in [1.82, 2.24) is 0 Å².